The third kappa shape index (κ3) is 12.9. The number of amides is 1. The van der Waals surface area contributed by atoms with Crippen LogP contribution in [0.25, 0.3) is 0 Å². The number of aromatic nitrogens is 2. The molecular formula is C25H45N3O3S2. The third-order valence-electron chi connectivity index (χ3n) is 5.33. The SMILES string of the molecule is CCCCCCCCC(SCCCCCC)C(=O)Nc1c(OC)ncnc1SC(C)OCC. The molecule has 0 aliphatic rings. The van der Waals surface area contributed by atoms with Gasteiger partial charge in [0.2, 0.25) is 11.8 Å². The van der Waals surface area contributed by atoms with Crippen molar-refractivity contribution in [3.05, 3.63) is 6.33 Å². The maximum atomic E-state index is 13.3. The zero-order chi connectivity index (χ0) is 24.3. The third-order valence-corrected chi connectivity index (χ3v) is 7.70. The van der Waals surface area contributed by atoms with Crippen LogP contribution in [0.4, 0.5) is 5.69 Å². The summed E-state index contributed by atoms with van der Waals surface area (Å²) in [6.07, 6.45) is 14.6. The van der Waals surface area contributed by atoms with Gasteiger partial charge in [-0.25, -0.2) is 4.98 Å². The Morgan fingerprint density at radius 1 is 1.00 bits per heavy atom. The van der Waals surface area contributed by atoms with Crippen molar-refractivity contribution < 1.29 is 14.3 Å². The molecule has 1 rings (SSSR count). The van der Waals surface area contributed by atoms with Crippen LogP contribution in [0.15, 0.2) is 11.4 Å². The van der Waals surface area contributed by atoms with Crippen molar-refractivity contribution in [1.82, 2.24) is 9.97 Å². The molecule has 0 radical (unpaired) electrons. The topological polar surface area (TPSA) is 73.3 Å². The van der Waals surface area contributed by atoms with E-state index in [9.17, 15) is 4.79 Å². The zero-order valence-electron chi connectivity index (χ0n) is 21.4. The number of rotatable bonds is 20. The van der Waals surface area contributed by atoms with E-state index in [0.717, 1.165) is 25.0 Å². The molecule has 0 bridgehead atoms. The lowest BCUT2D eigenvalue weighted by atomic mass is 10.1. The summed E-state index contributed by atoms with van der Waals surface area (Å²) in [5.74, 6) is 1.41. The average molecular weight is 500 g/mol. The fourth-order valence-electron chi connectivity index (χ4n) is 3.49. The Kier molecular flexibility index (Phi) is 17.6. The molecular weight excluding hydrogens is 454 g/mol. The molecule has 0 spiro atoms. The van der Waals surface area contributed by atoms with Gasteiger partial charge in [-0.1, -0.05) is 83.4 Å². The van der Waals surface area contributed by atoms with E-state index in [0.29, 0.717) is 23.2 Å². The Hall–Kier alpha value is -0.990. The smallest absolute Gasteiger partial charge is 0.241 e. The molecule has 0 aromatic carbocycles. The number of nitrogens with one attached hydrogen (secondary N) is 1. The molecule has 33 heavy (non-hydrogen) atoms. The minimum Gasteiger partial charge on any atom is -0.479 e. The van der Waals surface area contributed by atoms with Crippen molar-refractivity contribution in [3.8, 4) is 5.88 Å². The number of carbonyl (C=O) groups excluding carboxylic acids is 1. The van der Waals surface area contributed by atoms with Crippen molar-refractivity contribution >= 4 is 35.1 Å². The zero-order valence-corrected chi connectivity index (χ0v) is 23.0. The first-order chi connectivity index (χ1) is 16.1. The van der Waals surface area contributed by atoms with E-state index in [2.05, 4.69) is 29.1 Å². The summed E-state index contributed by atoms with van der Waals surface area (Å²) in [4.78, 5) is 22.0. The maximum Gasteiger partial charge on any atom is 0.241 e. The van der Waals surface area contributed by atoms with Gasteiger partial charge in [-0.3, -0.25) is 4.79 Å². The molecule has 190 valence electrons. The Morgan fingerprint density at radius 3 is 2.33 bits per heavy atom. The summed E-state index contributed by atoms with van der Waals surface area (Å²) in [5, 5.41) is 3.69. The van der Waals surface area contributed by atoms with Gasteiger partial charge in [0, 0.05) is 6.61 Å². The summed E-state index contributed by atoms with van der Waals surface area (Å²) in [6, 6.07) is 0. The highest BCUT2D eigenvalue weighted by molar-refractivity contribution is 8.00. The van der Waals surface area contributed by atoms with Gasteiger partial charge >= 0.3 is 0 Å². The minimum atomic E-state index is -0.0860. The monoisotopic (exact) mass is 499 g/mol. The van der Waals surface area contributed by atoms with Crippen molar-refractivity contribution in [1.29, 1.82) is 0 Å². The molecule has 1 aromatic heterocycles. The van der Waals surface area contributed by atoms with E-state index < -0.39 is 0 Å². The van der Waals surface area contributed by atoms with E-state index >= 15 is 0 Å². The highest BCUT2D eigenvalue weighted by atomic mass is 32.2. The fourth-order valence-corrected chi connectivity index (χ4v) is 5.57. The molecule has 0 saturated carbocycles. The second-order valence-corrected chi connectivity index (χ2v) is 10.8. The van der Waals surface area contributed by atoms with E-state index in [1.807, 2.05) is 13.8 Å². The molecule has 1 amide bonds. The van der Waals surface area contributed by atoms with Gasteiger partial charge < -0.3 is 14.8 Å². The van der Waals surface area contributed by atoms with E-state index in [1.54, 1.807) is 18.9 Å². The first-order valence-electron chi connectivity index (χ1n) is 12.7. The summed E-state index contributed by atoms with van der Waals surface area (Å²) >= 11 is 3.24. The number of methoxy groups -OCH3 is 1. The predicted molar refractivity (Wildman–Crippen MR) is 143 cm³/mol. The molecule has 6 nitrogen and oxygen atoms in total. The maximum absolute atomic E-state index is 13.3. The summed E-state index contributed by atoms with van der Waals surface area (Å²) < 4.78 is 11.1. The molecule has 1 heterocycles. The Morgan fingerprint density at radius 2 is 1.67 bits per heavy atom. The number of anilines is 1. The fraction of sp³-hybridized carbons (Fsp3) is 0.800. The van der Waals surface area contributed by atoms with Crippen LogP contribution >= 0.6 is 23.5 Å². The van der Waals surface area contributed by atoms with Crippen LogP contribution in [0.3, 0.4) is 0 Å². The van der Waals surface area contributed by atoms with Crippen molar-refractivity contribution in [2.75, 3.05) is 24.8 Å². The molecule has 2 atom stereocenters. The highest BCUT2D eigenvalue weighted by Gasteiger charge is 2.23. The molecule has 0 aliphatic carbocycles. The quantitative estimate of drug-likeness (QED) is 0.0871. The van der Waals surface area contributed by atoms with Gasteiger partial charge in [-0.05, 0) is 32.4 Å². The van der Waals surface area contributed by atoms with Crippen molar-refractivity contribution in [2.24, 2.45) is 0 Å². The molecule has 0 fully saturated rings. The van der Waals surface area contributed by atoms with Crippen LogP contribution in [0.5, 0.6) is 5.88 Å². The molecule has 2 unspecified atom stereocenters. The Bertz CT molecular complexity index is 649. The highest BCUT2D eigenvalue weighted by Crippen LogP contribution is 2.35. The molecule has 1 N–H and O–H groups in total. The van der Waals surface area contributed by atoms with E-state index in [-0.39, 0.29) is 16.6 Å². The normalized spacial score (nSPS) is 13.0. The summed E-state index contributed by atoms with van der Waals surface area (Å²) in [5.41, 5.74) is 0.457. The van der Waals surface area contributed by atoms with Crippen LogP contribution in [0.2, 0.25) is 0 Å². The first-order valence-corrected chi connectivity index (χ1v) is 14.6. The lowest BCUT2D eigenvalue weighted by Crippen LogP contribution is -2.26. The van der Waals surface area contributed by atoms with Gasteiger partial charge in [0.05, 0.1) is 12.4 Å². The van der Waals surface area contributed by atoms with Crippen LogP contribution < -0.4 is 10.1 Å². The first kappa shape index (κ1) is 30.0. The number of hydrogen-bond acceptors (Lipinski definition) is 7. The van der Waals surface area contributed by atoms with Crippen molar-refractivity contribution in [2.45, 2.75) is 114 Å². The van der Waals surface area contributed by atoms with Crippen LogP contribution in [-0.2, 0) is 9.53 Å². The van der Waals surface area contributed by atoms with Crippen LogP contribution in [-0.4, -0.2) is 46.0 Å². The number of ether oxygens (including phenoxy) is 2. The lowest BCUT2D eigenvalue weighted by molar-refractivity contribution is -0.115. The second kappa shape index (κ2) is 19.3. The standard InChI is InChI=1S/C25H45N3O3S2/c1-6-9-11-13-14-15-17-21(32-18-16-12-10-7-2)23(29)28-22-24(30-5)26-19-27-25(22)33-20(4)31-8-3/h19-21H,6-18H2,1-5H3,(H,28,29). The summed E-state index contributed by atoms with van der Waals surface area (Å²) in [6.45, 7) is 9.01. The number of carbonyl (C=O) groups is 1. The number of unbranched alkanes of at least 4 members (excludes halogenated alkanes) is 8. The largest absolute Gasteiger partial charge is 0.479 e. The van der Waals surface area contributed by atoms with E-state index in [4.69, 9.17) is 9.47 Å². The van der Waals surface area contributed by atoms with Gasteiger partial charge in [0.15, 0.2) is 0 Å². The number of hydrogen-bond donors (Lipinski definition) is 1. The van der Waals surface area contributed by atoms with Gasteiger partial charge in [-0.2, -0.15) is 4.98 Å². The Balaban J connectivity index is 2.83. The molecule has 8 heteroatoms. The second-order valence-electron chi connectivity index (χ2n) is 8.17. The van der Waals surface area contributed by atoms with Crippen LogP contribution in [0, 0.1) is 0 Å². The molecule has 0 saturated heterocycles. The summed E-state index contributed by atoms with van der Waals surface area (Å²) in [7, 11) is 1.56. The minimum absolute atomic E-state index is 0.0167. The average Bonchev–Trinajstić information content (AvgIpc) is 2.80. The van der Waals surface area contributed by atoms with E-state index in [1.165, 1.54) is 69.5 Å². The van der Waals surface area contributed by atoms with Gasteiger partial charge in [0.25, 0.3) is 0 Å². The van der Waals surface area contributed by atoms with Crippen molar-refractivity contribution in [3.63, 3.8) is 0 Å². The van der Waals surface area contributed by atoms with Gasteiger partial charge in [-0.15, -0.1) is 11.8 Å². The number of nitrogens with zero attached hydrogens (tertiary/aromatic N) is 2. The number of thioether (sulfide) groups is 2. The van der Waals surface area contributed by atoms with Gasteiger partial charge in [0.1, 0.15) is 22.5 Å². The predicted octanol–water partition coefficient (Wildman–Crippen LogP) is 7.33. The molecule has 1 aromatic rings. The Labute approximate surface area is 210 Å². The van der Waals surface area contributed by atoms with Crippen LogP contribution in [0.1, 0.15) is 98.3 Å². The lowest BCUT2D eigenvalue weighted by Gasteiger charge is -2.19. The molecule has 0 aliphatic heterocycles.